The number of rotatable bonds is 2. The quantitative estimate of drug-likeness (QED) is 0.177. The molecule has 0 radical (unpaired) electrons. The Morgan fingerprint density at radius 2 is 1.28 bits per heavy atom. The maximum atomic E-state index is 2.57. The molecule has 9 rings (SSSR count). The molecule has 3 heteroatoms. The van der Waals surface area contributed by atoms with Crippen molar-refractivity contribution in [2.45, 2.75) is 45.8 Å². The van der Waals surface area contributed by atoms with Gasteiger partial charge in [0.25, 0.3) is 0 Å². The van der Waals surface area contributed by atoms with Gasteiger partial charge in [-0.1, -0.05) is 148 Å². The highest BCUT2D eigenvalue weighted by Gasteiger charge is 2.43. The number of hydrogen-bond donors (Lipinski definition) is 0. The molecule has 0 N–H and O–H groups in total. The van der Waals surface area contributed by atoms with Gasteiger partial charge in [0, 0.05) is 17.1 Å². The average Bonchev–Trinajstić information content (AvgIpc) is 3.04. The molecule has 0 atom stereocenters. The van der Waals surface area contributed by atoms with E-state index in [2.05, 4.69) is 167 Å². The van der Waals surface area contributed by atoms with E-state index in [4.69, 9.17) is 0 Å². The number of nitrogens with zero attached hydrogens (tertiary/aromatic N) is 1. The van der Waals surface area contributed by atoms with Gasteiger partial charge in [-0.3, -0.25) is 0 Å². The van der Waals surface area contributed by atoms with Gasteiger partial charge in [-0.2, -0.15) is 0 Å². The van der Waals surface area contributed by atoms with Gasteiger partial charge < -0.3 is 4.90 Å². The highest BCUT2D eigenvalue weighted by molar-refractivity contribution is 7.02. The van der Waals surface area contributed by atoms with Crippen molar-refractivity contribution in [1.29, 1.82) is 0 Å². The zero-order valence-corrected chi connectivity index (χ0v) is 28.6. The summed E-state index contributed by atoms with van der Waals surface area (Å²) in [5.41, 5.74) is 12.2. The van der Waals surface area contributed by atoms with Gasteiger partial charge in [-0.05, 0) is 89.6 Å². The Morgan fingerprint density at radius 3 is 2.07 bits per heavy atom. The molecule has 1 nitrogen and oxygen atoms in total. The summed E-state index contributed by atoms with van der Waals surface area (Å²) in [7, 11) is -1.60. The van der Waals surface area contributed by atoms with Gasteiger partial charge in [0.1, 0.15) is 0 Å². The van der Waals surface area contributed by atoms with Crippen LogP contribution >= 0.6 is 0 Å². The fourth-order valence-corrected chi connectivity index (χ4v) is 9.90. The number of hydrogen-bond acceptors (Lipinski definition) is 1. The third-order valence-corrected chi connectivity index (χ3v) is 12.6. The van der Waals surface area contributed by atoms with Crippen molar-refractivity contribution in [3.05, 3.63) is 127 Å². The van der Waals surface area contributed by atoms with E-state index >= 15 is 0 Å². The second-order valence-corrected chi connectivity index (χ2v) is 20.4. The van der Waals surface area contributed by atoms with Gasteiger partial charge in [0.2, 0.25) is 6.71 Å². The topological polar surface area (TPSA) is 3.24 Å². The lowest BCUT2D eigenvalue weighted by molar-refractivity contribution is 0.591. The third kappa shape index (κ3) is 3.88. The SMILES string of the molecule is CC(C)(C)c1cc2c3c(c1)N(c1ccc4ccccc4c1)c1ccc4ccccc4c1B3c1ccc([Si](C)(C)C)c3cccc-2c13. The van der Waals surface area contributed by atoms with Crippen molar-refractivity contribution in [3.63, 3.8) is 0 Å². The Hall–Kier alpha value is -4.60. The molecule has 46 heavy (non-hydrogen) atoms. The van der Waals surface area contributed by atoms with Gasteiger partial charge in [0.05, 0.1) is 8.07 Å². The zero-order valence-electron chi connectivity index (χ0n) is 27.6. The highest BCUT2D eigenvalue weighted by Crippen LogP contribution is 2.45. The zero-order chi connectivity index (χ0) is 31.5. The molecule has 0 bridgehead atoms. The van der Waals surface area contributed by atoms with Crippen molar-refractivity contribution < 1.29 is 0 Å². The van der Waals surface area contributed by atoms with E-state index in [-0.39, 0.29) is 12.1 Å². The summed E-state index contributed by atoms with van der Waals surface area (Å²) in [4.78, 5) is 2.57. The molecular formula is C43H38BNSi. The summed E-state index contributed by atoms with van der Waals surface area (Å²) in [6.45, 7) is 14.6. The summed E-state index contributed by atoms with van der Waals surface area (Å²) in [6, 6.07) is 46.5. The van der Waals surface area contributed by atoms with Crippen LogP contribution in [0.1, 0.15) is 26.3 Å². The summed E-state index contributed by atoms with van der Waals surface area (Å²) in [5, 5.41) is 9.62. The van der Waals surface area contributed by atoms with Crippen LogP contribution in [-0.4, -0.2) is 14.8 Å². The van der Waals surface area contributed by atoms with E-state index in [9.17, 15) is 0 Å². The lowest BCUT2D eigenvalue weighted by Gasteiger charge is -2.42. The molecule has 7 aromatic rings. The minimum Gasteiger partial charge on any atom is -0.311 e. The molecule has 0 fully saturated rings. The van der Waals surface area contributed by atoms with E-state index in [0.717, 1.165) is 0 Å². The Balaban J connectivity index is 1.48. The van der Waals surface area contributed by atoms with E-state index in [0.29, 0.717) is 0 Å². The lowest BCUT2D eigenvalue weighted by Crippen LogP contribution is -2.60. The van der Waals surface area contributed by atoms with Crippen LogP contribution < -0.4 is 26.5 Å². The van der Waals surface area contributed by atoms with Gasteiger partial charge in [0.15, 0.2) is 0 Å². The number of fused-ring (bicyclic) bond motifs is 7. The highest BCUT2D eigenvalue weighted by atomic mass is 28.3. The van der Waals surface area contributed by atoms with Crippen LogP contribution in [0.2, 0.25) is 19.6 Å². The van der Waals surface area contributed by atoms with Crippen molar-refractivity contribution in [1.82, 2.24) is 0 Å². The second-order valence-electron chi connectivity index (χ2n) is 15.4. The fraction of sp³-hybridized carbons (Fsp3) is 0.163. The molecule has 2 heterocycles. The van der Waals surface area contributed by atoms with Crippen molar-refractivity contribution >= 4 is 85.7 Å². The first-order valence-corrected chi connectivity index (χ1v) is 20.1. The molecule has 0 aliphatic carbocycles. The monoisotopic (exact) mass is 607 g/mol. The minimum absolute atomic E-state index is 0.00587. The van der Waals surface area contributed by atoms with E-state index in [1.807, 2.05) is 0 Å². The average molecular weight is 608 g/mol. The molecule has 2 aliphatic rings. The maximum absolute atomic E-state index is 2.57. The first-order chi connectivity index (χ1) is 22.1. The van der Waals surface area contributed by atoms with Crippen molar-refractivity contribution in [2.75, 3.05) is 4.90 Å². The Kier molecular flexibility index (Phi) is 5.70. The summed E-state index contributed by atoms with van der Waals surface area (Å²) >= 11 is 0. The van der Waals surface area contributed by atoms with Crippen LogP contribution in [0, 0.1) is 0 Å². The normalized spacial score (nSPS) is 13.8. The van der Waals surface area contributed by atoms with Gasteiger partial charge in [-0.15, -0.1) is 0 Å². The van der Waals surface area contributed by atoms with Crippen LogP contribution in [0.3, 0.4) is 0 Å². The standard InChI is InChI=1S/C43H38BNSi/c1-43(2,3)30-25-35-33-16-11-17-34-39(46(4,5)6)23-21-36(40(33)34)44-41-32-15-10-9-13-28(32)19-22-37(41)45(38(26-30)42(35)44)31-20-18-27-12-7-8-14-29(27)24-31/h7-26H,1-6H3. The molecule has 0 unspecified atom stereocenters. The van der Waals surface area contributed by atoms with Crippen LogP contribution in [0.4, 0.5) is 17.1 Å². The van der Waals surface area contributed by atoms with Crippen LogP contribution in [0.25, 0.3) is 43.4 Å². The summed E-state index contributed by atoms with van der Waals surface area (Å²) < 4.78 is 0. The Bertz CT molecular complexity index is 2410. The molecule has 0 saturated heterocycles. The number of anilines is 3. The Morgan fingerprint density at radius 1 is 0.565 bits per heavy atom. The molecule has 0 saturated carbocycles. The third-order valence-electron chi connectivity index (χ3n) is 10.5. The van der Waals surface area contributed by atoms with Crippen molar-refractivity contribution in [3.8, 4) is 11.1 Å². The van der Waals surface area contributed by atoms with Gasteiger partial charge >= 0.3 is 0 Å². The molecule has 0 aromatic heterocycles. The fourth-order valence-electron chi connectivity index (χ4n) is 8.30. The van der Waals surface area contributed by atoms with E-state index in [1.165, 1.54) is 82.5 Å². The first kappa shape index (κ1) is 27.7. The molecule has 0 amide bonds. The van der Waals surface area contributed by atoms with Gasteiger partial charge in [-0.25, -0.2) is 0 Å². The predicted molar refractivity (Wildman–Crippen MR) is 205 cm³/mol. The summed E-state index contributed by atoms with van der Waals surface area (Å²) in [5.74, 6) is 0. The van der Waals surface area contributed by atoms with Crippen LogP contribution in [0.15, 0.2) is 121 Å². The summed E-state index contributed by atoms with van der Waals surface area (Å²) in [6.07, 6.45) is 0. The smallest absolute Gasteiger partial charge is 0.249 e. The van der Waals surface area contributed by atoms with Crippen LogP contribution in [-0.2, 0) is 5.41 Å². The minimum atomic E-state index is -1.60. The lowest BCUT2D eigenvalue weighted by atomic mass is 9.31. The Labute approximate surface area is 273 Å². The van der Waals surface area contributed by atoms with E-state index < -0.39 is 8.07 Å². The molecule has 2 aliphatic heterocycles. The number of benzene rings is 7. The largest absolute Gasteiger partial charge is 0.311 e. The first-order valence-electron chi connectivity index (χ1n) is 16.6. The van der Waals surface area contributed by atoms with E-state index in [1.54, 1.807) is 5.19 Å². The molecule has 0 spiro atoms. The van der Waals surface area contributed by atoms with Crippen molar-refractivity contribution in [2.24, 2.45) is 0 Å². The molecular weight excluding hydrogens is 569 g/mol. The maximum Gasteiger partial charge on any atom is 0.249 e. The second kappa shape index (κ2) is 9.47. The molecule has 7 aromatic carbocycles. The molecule has 222 valence electrons. The predicted octanol–water partition coefficient (Wildman–Crippen LogP) is 9.27. The van der Waals surface area contributed by atoms with Crippen LogP contribution in [0.5, 0.6) is 0 Å².